The number of methoxy groups -OCH3 is 1. The molecule has 0 bridgehead atoms. The van der Waals surface area contributed by atoms with Gasteiger partial charge in [0.2, 0.25) is 0 Å². The molecule has 0 amide bonds. The van der Waals surface area contributed by atoms with E-state index < -0.39 is 12.4 Å². The smallest absolute Gasteiger partial charge is 0.173 e. The zero-order chi connectivity index (χ0) is 10.0. The zero-order valence-electron chi connectivity index (χ0n) is 6.77. The fourth-order valence-corrected chi connectivity index (χ4v) is 1.52. The maximum absolute atomic E-state index is 13.3. The van der Waals surface area contributed by atoms with E-state index in [1.165, 1.54) is 13.2 Å². The Hall–Kier alpha value is -0.510. The van der Waals surface area contributed by atoms with E-state index in [0.717, 1.165) is 0 Å². The van der Waals surface area contributed by atoms with Crippen LogP contribution >= 0.6 is 23.2 Å². The monoisotopic (exact) mass is 224 g/mol. The predicted molar refractivity (Wildman–Crippen MR) is 48.9 cm³/mol. The average molecular weight is 225 g/mol. The van der Waals surface area contributed by atoms with Crippen molar-refractivity contribution in [3.63, 3.8) is 0 Å². The molecule has 0 atom stereocenters. The molecule has 0 saturated carbocycles. The van der Waals surface area contributed by atoms with Crippen LogP contribution in [0.25, 0.3) is 0 Å². The molecular formula is C8H7Cl2FO2. The van der Waals surface area contributed by atoms with Gasteiger partial charge in [-0.2, -0.15) is 0 Å². The lowest BCUT2D eigenvalue weighted by Gasteiger charge is -2.09. The SMILES string of the molecule is COc1c(Cl)cc(Cl)c(CO)c1F. The molecule has 0 fully saturated rings. The highest BCUT2D eigenvalue weighted by Gasteiger charge is 2.16. The van der Waals surface area contributed by atoms with Gasteiger partial charge in [-0.25, -0.2) is 4.39 Å². The molecule has 0 aliphatic carbocycles. The third-order valence-corrected chi connectivity index (χ3v) is 2.20. The molecule has 0 saturated heterocycles. The van der Waals surface area contributed by atoms with E-state index in [2.05, 4.69) is 0 Å². The maximum Gasteiger partial charge on any atom is 0.173 e. The van der Waals surface area contributed by atoms with Gasteiger partial charge in [-0.1, -0.05) is 23.2 Å². The molecule has 13 heavy (non-hydrogen) atoms. The van der Waals surface area contributed by atoms with Crippen molar-refractivity contribution < 1.29 is 14.2 Å². The molecule has 72 valence electrons. The highest BCUT2D eigenvalue weighted by Crippen LogP contribution is 2.34. The number of hydrogen-bond donors (Lipinski definition) is 1. The van der Waals surface area contributed by atoms with Crippen molar-refractivity contribution in [2.45, 2.75) is 6.61 Å². The molecule has 0 heterocycles. The van der Waals surface area contributed by atoms with Crippen LogP contribution in [0, 0.1) is 5.82 Å². The summed E-state index contributed by atoms with van der Waals surface area (Å²) in [6, 6.07) is 1.33. The Morgan fingerprint density at radius 2 is 2.08 bits per heavy atom. The predicted octanol–water partition coefficient (Wildman–Crippen LogP) is 2.63. The third kappa shape index (κ3) is 1.88. The largest absolute Gasteiger partial charge is 0.492 e. The Labute approximate surface area is 84.8 Å². The Kier molecular flexibility index (Phi) is 3.36. The van der Waals surface area contributed by atoms with Crippen LogP contribution in [-0.2, 0) is 6.61 Å². The van der Waals surface area contributed by atoms with Crippen molar-refractivity contribution >= 4 is 23.2 Å². The molecule has 0 aromatic heterocycles. The summed E-state index contributed by atoms with van der Waals surface area (Å²) in [7, 11) is 1.29. The second-order valence-electron chi connectivity index (χ2n) is 2.32. The summed E-state index contributed by atoms with van der Waals surface area (Å²) < 4.78 is 18.0. The first kappa shape index (κ1) is 10.6. The van der Waals surface area contributed by atoms with Gasteiger partial charge in [-0.15, -0.1) is 0 Å². The van der Waals surface area contributed by atoms with Gasteiger partial charge in [-0.05, 0) is 6.07 Å². The van der Waals surface area contributed by atoms with Gasteiger partial charge >= 0.3 is 0 Å². The Balaban J connectivity index is 3.39. The number of aliphatic hydroxyl groups excluding tert-OH is 1. The van der Waals surface area contributed by atoms with Crippen molar-refractivity contribution in [2.24, 2.45) is 0 Å². The lowest BCUT2D eigenvalue weighted by atomic mass is 10.2. The standard InChI is InChI=1S/C8H7Cl2FO2/c1-13-8-6(10)2-5(9)4(3-12)7(8)11/h2,12H,3H2,1H3. The number of hydrogen-bond acceptors (Lipinski definition) is 2. The molecule has 1 N–H and O–H groups in total. The summed E-state index contributed by atoms with van der Waals surface area (Å²) >= 11 is 11.3. The minimum atomic E-state index is -0.720. The molecule has 2 nitrogen and oxygen atoms in total. The van der Waals surface area contributed by atoms with Gasteiger partial charge in [0.1, 0.15) is 0 Å². The van der Waals surface area contributed by atoms with E-state index in [4.69, 9.17) is 33.0 Å². The molecule has 0 radical (unpaired) electrons. The first-order chi connectivity index (χ1) is 6.11. The van der Waals surface area contributed by atoms with E-state index >= 15 is 0 Å². The maximum atomic E-state index is 13.3. The highest BCUT2D eigenvalue weighted by molar-refractivity contribution is 6.36. The summed E-state index contributed by atoms with van der Waals surface area (Å²) in [5, 5.41) is 8.96. The van der Waals surface area contributed by atoms with Crippen molar-refractivity contribution in [1.29, 1.82) is 0 Å². The minimum Gasteiger partial charge on any atom is -0.492 e. The second-order valence-corrected chi connectivity index (χ2v) is 3.14. The van der Waals surface area contributed by atoms with Crippen molar-refractivity contribution in [2.75, 3.05) is 7.11 Å². The number of halogens is 3. The number of aliphatic hydroxyl groups is 1. The molecule has 5 heteroatoms. The summed E-state index contributed by atoms with van der Waals surface area (Å²) in [5.74, 6) is -0.822. The number of rotatable bonds is 2. The lowest BCUT2D eigenvalue weighted by molar-refractivity contribution is 0.273. The second kappa shape index (κ2) is 4.13. The normalized spacial score (nSPS) is 10.2. The molecule has 0 aliphatic heterocycles. The van der Waals surface area contributed by atoms with E-state index in [-0.39, 0.29) is 21.4 Å². The van der Waals surface area contributed by atoms with E-state index in [1.807, 2.05) is 0 Å². The molecular weight excluding hydrogens is 218 g/mol. The van der Waals surface area contributed by atoms with Crippen molar-refractivity contribution in [1.82, 2.24) is 0 Å². The molecule has 1 rings (SSSR count). The van der Waals surface area contributed by atoms with Crippen LogP contribution in [0.4, 0.5) is 4.39 Å². The van der Waals surface area contributed by atoms with Crippen LogP contribution in [0.2, 0.25) is 10.0 Å². The Morgan fingerprint density at radius 3 is 2.54 bits per heavy atom. The first-order valence-corrected chi connectivity index (χ1v) is 4.18. The lowest BCUT2D eigenvalue weighted by Crippen LogP contribution is -1.97. The summed E-state index contributed by atoms with van der Waals surface area (Å²) in [6.45, 7) is -0.488. The summed E-state index contributed by atoms with van der Waals surface area (Å²) in [6.07, 6.45) is 0. The minimum absolute atomic E-state index is 0.0112. The fraction of sp³-hybridized carbons (Fsp3) is 0.250. The zero-order valence-corrected chi connectivity index (χ0v) is 8.29. The van der Waals surface area contributed by atoms with E-state index in [0.29, 0.717) is 0 Å². The van der Waals surface area contributed by atoms with Crippen molar-refractivity contribution in [3.05, 3.63) is 27.5 Å². The van der Waals surface area contributed by atoms with Crippen molar-refractivity contribution in [3.8, 4) is 5.75 Å². The van der Waals surface area contributed by atoms with Crippen LogP contribution in [0.3, 0.4) is 0 Å². The van der Waals surface area contributed by atoms with Crippen LogP contribution in [0.5, 0.6) is 5.75 Å². The molecule has 0 unspecified atom stereocenters. The van der Waals surface area contributed by atoms with Crippen LogP contribution in [-0.4, -0.2) is 12.2 Å². The average Bonchev–Trinajstić information content (AvgIpc) is 2.04. The number of ether oxygens (including phenoxy) is 1. The molecule has 1 aromatic rings. The topological polar surface area (TPSA) is 29.5 Å². The van der Waals surface area contributed by atoms with E-state index in [9.17, 15) is 4.39 Å². The van der Waals surface area contributed by atoms with Gasteiger partial charge in [0.25, 0.3) is 0 Å². The quantitative estimate of drug-likeness (QED) is 0.838. The summed E-state index contributed by atoms with van der Waals surface area (Å²) in [4.78, 5) is 0. The highest BCUT2D eigenvalue weighted by atomic mass is 35.5. The number of benzene rings is 1. The Bertz CT molecular complexity index is 300. The van der Waals surface area contributed by atoms with E-state index in [1.54, 1.807) is 0 Å². The van der Waals surface area contributed by atoms with Crippen LogP contribution < -0.4 is 4.74 Å². The Morgan fingerprint density at radius 1 is 1.46 bits per heavy atom. The van der Waals surface area contributed by atoms with Gasteiger partial charge in [-0.3, -0.25) is 0 Å². The van der Waals surface area contributed by atoms with Gasteiger partial charge in [0, 0.05) is 5.56 Å². The first-order valence-electron chi connectivity index (χ1n) is 3.43. The van der Waals surface area contributed by atoms with Crippen LogP contribution in [0.15, 0.2) is 6.07 Å². The molecule has 0 aliphatic rings. The van der Waals surface area contributed by atoms with Gasteiger partial charge < -0.3 is 9.84 Å². The summed E-state index contributed by atoms with van der Waals surface area (Å²) in [5.41, 5.74) is -0.0112. The van der Waals surface area contributed by atoms with Gasteiger partial charge in [0.15, 0.2) is 11.6 Å². The third-order valence-electron chi connectivity index (χ3n) is 1.59. The van der Waals surface area contributed by atoms with Crippen LogP contribution in [0.1, 0.15) is 5.56 Å². The fourth-order valence-electron chi connectivity index (χ4n) is 0.943. The van der Waals surface area contributed by atoms with Gasteiger partial charge in [0.05, 0.1) is 23.8 Å². The molecule has 1 aromatic carbocycles. The molecule has 0 spiro atoms.